The van der Waals surface area contributed by atoms with Gasteiger partial charge < -0.3 is 19.6 Å². The molecule has 0 atom stereocenters. The minimum absolute atomic E-state index is 0.404. The van der Waals surface area contributed by atoms with E-state index in [-0.39, 0.29) is 0 Å². The quantitative estimate of drug-likeness (QED) is 0.748. The van der Waals surface area contributed by atoms with Gasteiger partial charge in [-0.3, -0.25) is 4.98 Å². The Balaban J connectivity index is 1.97. The van der Waals surface area contributed by atoms with Crippen molar-refractivity contribution < 1.29 is 19.4 Å². The Labute approximate surface area is 125 Å². The zero-order valence-corrected chi connectivity index (χ0v) is 11.7. The van der Waals surface area contributed by atoms with Gasteiger partial charge >= 0.3 is 5.97 Å². The number of methoxy groups -OCH3 is 1. The molecule has 0 aliphatic heterocycles. The number of carboxylic acid groups (broad SMARTS) is 1. The summed E-state index contributed by atoms with van der Waals surface area (Å²) in [5.74, 6) is 0.563. The van der Waals surface area contributed by atoms with E-state index < -0.39 is 12.6 Å². The molecular weight excluding hydrogens is 286 g/mol. The zero-order valence-electron chi connectivity index (χ0n) is 11.7. The summed E-state index contributed by atoms with van der Waals surface area (Å²) in [7, 11) is 1.53. The van der Waals surface area contributed by atoms with E-state index in [9.17, 15) is 4.79 Å². The lowest BCUT2D eigenvalue weighted by Crippen LogP contribution is -2.09. The highest BCUT2D eigenvalue weighted by molar-refractivity contribution is 5.80. The number of carbonyl (C=O) groups is 1. The highest BCUT2D eigenvalue weighted by atomic mass is 16.5. The molecule has 112 valence electrons. The Bertz CT molecular complexity index is 796. The number of ether oxygens (including phenoxy) is 2. The van der Waals surface area contributed by atoms with Gasteiger partial charge in [-0.1, -0.05) is 0 Å². The number of aliphatic carboxylic acids is 1. The Hall–Kier alpha value is -3.09. The maximum atomic E-state index is 10.5. The van der Waals surface area contributed by atoms with Gasteiger partial charge in [-0.05, 0) is 18.2 Å². The molecule has 0 saturated heterocycles. The molecule has 1 aromatic carbocycles. The fraction of sp³-hybridized carbons (Fsp3) is 0.133. The predicted octanol–water partition coefficient (Wildman–Crippen LogP) is 2.10. The van der Waals surface area contributed by atoms with Crippen molar-refractivity contribution in [2.24, 2.45) is 0 Å². The Kier molecular flexibility index (Phi) is 3.61. The molecule has 0 aliphatic carbocycles. The van der Waals surface area contributed by atoms with Crippen LogP contribution < -0.4 is 9.47 Å². The molecular formula is C15H13N3O4. The number of imidazole rings is 1. The Morgan fingerprint density at radius 1 is 1.36 bits per heavy atom. The molecule has 3 rings (SSSR count). The van der Waals surface area contributed by atoms with Gasteiger partial charge in [-0.2, -0.15) is 0 Å². The normalized spacial score (nSPS) is 10.6. The van der Waals surface area contributed by atoms with Crippen molar-refractivity contribution in [2.75, 3.05) is 13.7 Å². The molecule has 22 heavy (non-hydrogen) atoms. The third kappa shape index (κ3) is 2.69. The highest BCUT2D eigenvalue weighted by Gasteiger charge is 2.12. The number of hydrogen-bond donors (Lipinski definition) is 2. The monoisotopic (exact) mass is 299 g/mol. The van der Waals surface area contributed by atoms with Crippen LogP contribution in [0.1, 0.15) is 0 Å². The third-order valence-electron chi connectivity index (χ3n) is 3.07. The number of aromatic amines is 1. The number of aromatic nitrogens is 3. The molecule has 2 heterocycles. The number of pyridine rings is 1. The first kappa shape index (κ1) is 13.9. The molecule has 2 N–H and O–H groups in total. The number of hydrogen-bond acceptors (Lipinski definition) is 5. The van der Waals surface area contributed by atoms with Gasteiger partial charge in [0.05, 0.1) is 29.9 Å². The largest absolute Gasteiger partial charge is 0.496 e. The average Bonchev–Trinajstić information content (AvgIpc) is 2.96. The maximum Gasteiger partial charge on any atom is 0.341 e. The lowest BCUT2D eigenvalue weighted by atomic mass is 10.2. The van der Waals surface area contributed by atoms with Crippen LogP contribution in [0.5, 0.6) is 11.5 Å². The highest BCUT2D eigenvalue weighted by Crippen LogP contribution is 2.32. The summed E-state index contributed by atoms with van der Waals surface area (Å²) < 4.78 is 10.5. The SMILES string of the molecule is COc1cc(OCC(=O)O)ccc1-c1nc2ccncc2[nH]1. The van der Waals surface area contributed by atoms with Crippen LogP contribution in [0.3, 0.4) is 0 Å². The number of carboxylic acids is 1. The molecule has 2 aromatic heterocycles. The first-order valence-corrected chi connectivity index (χ1v) is 6.50. The van der Waals surface area contributed by atoms with Crippen molar-refractivity contribution in [3.8, 4) is 22.9 Å². The summed E-state index contributed by atoms with van der Waals surface area (Å²) in [6.07, 6.45) is 3.37. The minimum atomic E-state index is -1.03. The minimum Gasteiger partial charge on any atom is -0.496 e. The molecule has 0 amide bonds. The van der Waals surface area contributed by atoms with Gasteiger partial charge in [0.1, 0.15) is 17.3 Å². The molecule has 0 unspecified atom stereocenters. The zero-order chi connectivity index (χ0) is 15.5. The van der Waals surface area contributed by atoms with Gasteiger partial charge in [0, 0.05) is 12.3 Å². The van der Waals surface area contributed by atoms with E-state index >= 15 is 0 Å². The summed E-state index contributed by atoms with van der Waals surface area (Å²) in [5.41, 5.74) is 2.38. The number of benzene rings is 1. The Morgan fingerprint density at radius 2 is 2.23 bits per heavy atom. The topological polar surface area (TPSA) is 97.3 Å². The van der Waals surface area contributed by atoms with Gasteiger partial charge in [0.2, 0.25) is 0 Å². The first-order chi connectivity index (χ1) is 10.7. The molecule has 7 heteroatoms. The smallest absolute Gasteiger partial charge is 0.341 e. The average molecular weight is 299 g/mol. The van der Waals surface area contributed by atoms with Crippen molar-refractivity contribution in [1.29, 1.82) is 0 Å². The predicted molar refractivity (Wildman–Crippen MR) is 79.0 cm³/mol. The van der Waals surface area contributed by atoms with Crippen LogP contribution >= 0.6 is 0 Å². The van der Waals surface area contributed by atoms with Gasteiger partial charge in [-0.25, -0.2) is 9.78 Å². The van der Waals surface area contributed by atoms with Crippen molar-refractivity contribution in [2.45, 2.75) is 0 Å². The fourth-order valence-electron chi connectivity index (χ4n) is 2.09. The molecule has 0 aliphatic rings. The maximum absolute atomic E-state index is 10.5. The van der Waals surface area contributed by atoms with Crippen LogP contribution in [-0.4, -0.2) is 39.7 Å². The number of nitrogens with one attached hydrogen (secondary N) is 1. The van der Waals surface area contributed by atoms with Crippen LogP contribution in [0.2, 0.25) is 0 Å². The fourth-order valence-corrected chi connectivity index (χ4v) is 2.09. The van der Waals surface area contributed by atoms with Crippen molar-refractivity contribution in [3.63, 3.8) is 0 Å². The van der Waals surface area contributed by atoms with E-state index in [2.05, 4.69) is 15.0 Å². The lowest BCUT2D eigenvalue weighted by Gasteiger charge is -2.09. The number of nitrogens with zero attached hydrogens (tertiary/aromatic N) is 2. The van der Waals surface area contributed by atoms with Crippen molar-refractivity contribution in [1.82, 2.24) is 15.0 Å². The van der Waals surface area contributed by atoms with E-state index in [1.807, 2.05) is 6.07 Å². The summed E-state index contributed by atoms with van der Waals surface area (Å²) in [4.78, 5) is 22.2. The van der Waals surface area contributed by atoms with Crippen LogP contribution in [0, 0.1) is 0 Å². The second kappa shape index (κ2) is 5.72. The van der Waals surface area contributed by atoms with Crippen molar-refractivity contribution >= 4 is 17.0 Å². The third-order valence-corrected chi connectivity index (χ3v) is 3.07. The first-order valence-electron chi connectivity index (χ1n) is 6.50. The van der Waals surface area contributed by atoms with Crippen LogP contribution in [0.15, 0.2) is 36.7 Å². The van der Waals surface area contributed by atoms with E-state index in [1.165, 1.54) is 7.11 Å². The number of rotatable bonds is 5. The summed E-state index contributed by atoms with van der Waals surface area (Å²) in [6.45, 7) is -0.404. The summed E-state index contributed by atoms with van der Waals surface area (Å²) >= 11 is 0. The van der Waals surface area contributed by atoms with Crippen LogP contribution in [-0.2, 0) is 4.79 Å². The van der Waals surface area contributed by atoms with Gasteiger partial charge in [0.15, 0.2) is 6.61 Å². The van der Waals surface area contributed by atoms with Crippen LogP contribution in [0.4, 0.5) is 0 Å². The van der Waals surface area contributed by atoms with Gasteiger partial charge in [-0.15, -0.1) is 0 Å². The second-order valence-corrected chi connectivity index (χ2v) is 4.52. The molecule has 0 fully saturated rings. The van der Waals surface area contributed by atoms with Gasteiger partial charge in [0.25, 0.3) is 0 Å². The lowest BCUT2D eigenvalue weighted by molar-refractivity contribution is -0.139. The second-order valence-electron chi connectivity index (χ2n) is 4.52. The molecule has 3 aromatic rings. The van der Waals surface area contributed by atoms with E-state index in [4.69, 9.17) is 14.6 Å². The van der Waals surface area contributed by atoms with E-state index in [0.717, 1.165) is 16.6 Å². The summed E-state index contributed by atoms with van der Waals surface area (Å²) in [5, 5.41) is 8.64. The number of H-pyrrole nitrogens is 1. The standard InChI is InChI=1S/C15H13N3O4/c1-21-13-6-9(22-8-14(19)20)2-3-10(13)15-17-11-4-5-16-7-12(11)18-15/h2-7H,8H2,1H3,(H,17,18)(H,19,20). The molecule has 0 bridgehead atoms. The van der Waals surface area contributed by atoms with E-state index in [0.29, 0.717) is 17.3 Å². The molecule has 0 saturated carbocycles. The van der Waals surface area contributed by atoms with E-state index in [1.54, 1.807) is 30.6 Å². The Morgan fingerprint density at radius 3 is 2.95 bits per heavy atom. The van der Waals surface area contributed by atoms with Crippen LogP contribution in [0.25, 0.3) is 22.4 Å². The molecule has 7 nitrogen and oxygen atoms in total. The molecule has 0 radical (unpaired) electrons. The van der Waals surface area contributed by atoms with Crippen molar-refractivity contribution in [3.05, 3.63) is 36.7 Å². The summed E-state index contributed by atoms with van der Waals surface area (Å²) in [6, 6.07) is 6.88. The number of fused-ring (bicyclic) bond motifs is 1. The molecule has 0 spiro atoms.